The summed E-state index contributed by atoms with van der Waals surface area (Å²) in [6, 6.07) is 16.5. The van der Waals surface area contributed by atoms with Crippen molar-refractivity contribution in [1.29, 1.82) is 0 Å². The molecule has 0 radical (unpaired) electrons. The fourth-order valence-electron chi connectivity index (χ4n) is 3.01. The molecule has 1 unspecified atom stereocenters. The first-order chi connectivity index (χ1) is 9.79. The molecule has 1 fully saturated rings. The lowest BCUT2D eigenvalue weighted by Crippen LogP contribution is -2.30. The van der Waals surface area contributed by atoms with E-state index in [0.717, 1.165) is 19.0 Å². The number of aliphatic hydroxyl groups is 1. The molecular weight excluding hydrogens is 246 g/mol. The van der Waals surface area contributed by atoms with Crippen LogP contribution in [0.15, 0.2) is 42.5 Å². The largest absolute Gasteiger partial charge is 0.396 e. The Hall–Kier alpha value is -1.38. The molecule has 2 heteroatoms. The van der Waals surface area contributed by atoms with Gasteiger partial charge in [0.1, 0.15) is 0 Å². The van der Waals surface area contributed by atoms with Gasteiger partial charge in [-0.1, -0.05) is 36.4 Å². The van der Waals surface area contributed by atoms with Crippen molar-refractivity contribution in [3.05, 3.63) is 48.0 Å². The van der Waals surface area contributed by atoms with Gasteiger partial charge >= 0.3 is 0 Å². The summed E-state index contributed by atoms with van der Waals surface area (Å²) in [6.07, 6.45) is 3.49. The fraction of sp³-hybridized carbons (Fsp3) is 0.444. The first kappa shape index (κ1) is 13.6. The molecule has 0 aliphatic heterocycles. The molecule has 1 aliphatic rings. The number of benzene rings is 2. The predicted octanol–water partition coefficient (Wildman–Crippen LogP) is 3.75. The van der Waals surface area contributed by atoms with Crippen LogP contribution in [0.1, 0.15) is 37.8 Å². The third kappa shape index (κ3) is 2.87. The predicted molar refractivity (Wildman–Crippen MR) is 83.8 cm³/mol. The van der Waals surface area contributed by atoms with Gasteiger partial charge in [0.05, 0.1) is 0 Å². The second kappa shape index (κ2) is 5.94. The van der Waals surface area contributed by atoms with Crippen LogP contribution in [0.2, 0.25) is 0 Å². The van der Waals surface area contributed by atoms with E-state index in [1.807, 2.05) is 0 Å². The maximum absolute atomic E-state index is 9.08. The zero-order valence-electron chi connectivity index (χ0n) is 12.1. The molecule has 106 valence electrons. The highest BCUT2D eigenvalue weighted by Gasteiger charge is 2.32. The van der Waals surface area contributed by atoms with E-state index in [4.69, 9.17) is 5.11 Å². The molecule has 2 nitrogen and oxygen atoms in total. The highest BCUT2D eigenvalue weighted by Crippen LogP contribution is 2.35. The molecule has 0 amide bonds. The van der Waals surface area contributed by atoms with Crippen molar-refractivity contribution in [3.63, 3.8) is 0 Å². The van der Waals surface area contributed by atoms with Gasteiger partial charge in [-0.3, -0.25) is 4.90 Å². The summed E-state index contributed by atoms with van der Waals surface area (Å²) in [5.41, 5.74) is 1.38. The second-order valence-electron chi connectivity index (χ2n) is 5.83. The quantitative estimate of drug-likeness (QED) is 0.863. The summed E-state index contributed by atoms with van der Waals surface area (Å²) in [5.74, 6) is 0. The maximum Gasteiger partial charge on any atom is 0.0443 e. The van der Waals surface area contributed by atoms with E-state index < -0.39 is 0 Å². The van der Waals surface area contributed by atoms with Crippen molar-refractivity contribution < 1.29 is 5.11 Å². The molecule has 1 atom stereocenters. The van der Waals surface area contributed by atoms with E-state index in [-0.39, 0.29) is 6.61 Å². The van der Waals surface area contributed by atoms with E-state index >= 15 is 0 Å². The third-order valence-corrected chi connectivity index (χ3v) is 4.34. The minimum absolute atomic E-state index is 0.285. The highest BCUT2D eigenvalue weighted by molar-refractivity contribution is 5.83. The Morgan fingerprint density at radius 2 is 1.90 bits per heavy atom. The van der Waals surface area contributed by atoms with Crippen molar-refractivity contribution in [2.45, 2.75) is 38.3 Å². The Kier molecular flexibility index (Phi) is 4.04. The summed E-state index contributed by atoms with van der Waals surface area (Å²) in [5, 5.41) is 11.7. The molecule has 1 saturated carbocycles. The van der Waals surface area contributed by atoms with Crippen LogP contribution >= 0.6 is 0 Å². The summed E-state index contributed by atoms with van der Waals surface area (Å²) >= 11 is 0. The Balaban J connectivity index is 1.84. The highest BCUT2D eigenvalue weighted by atomic mass is 16.3. The van der Waals surface area contributed by atoms with Gasteiger partial charge < -0.3 is 5.11 Å². The Bertz CT molecular complexity index is 576. The fourth-order valence-corrected chi connectivity index (χ4v) is 3.01. The monoisotopic (exact) mass is 269 g/mol. The van der Waals surface area contributed by atoms with E-state index in [1.54, 1.807) is 0 Å². The summed E-state index contributed by atoms with van der Waals surface area (Å²) in [4.78, 5) is 2.56. The normalized spacial score (nSPS) is 16.8. The van der Waals surface area contributed by atoms with Crippen LogP contribution < -0.4 is 0 Å². The number of aliphatic hydroxyl groups excluding tert-OH is 1. The summed E-state index contributed by atoms with van der Waals surface area (Å²) in [6.45, 7) is 3.57. The van der Waals surface area contributed by atoms with Crippen molar-refractivity contribution >= 4 is 10.8 Å². The van der Waals surface area contributed by atoms with E-state index in [1.165, 1.54) is 29.2 Å². The second-order valence-corrected chi connectivity index (χ2v) is 5.83. The average Bonchev–Trinajstić information content (AvgIpc) is 3.32. The van der Waals surface area contributed by atoms with Gasteiger partial charge in [0.25, 0.3) is 0 Å². The number of nitrogens with zero attached hydrogens (tertiary/aromatic N) is 1. The average molecular weight is 269 g/mol. The molecular formula is C18H23NO. The topological polar surface area (TPSA) is 23.5 Å². The number of rotatable bonds is 6. The number of fused-ring (bicyclic) bond motifs is 1. The zero-order valence-corrected chi connectivity index (χ0v) is 12.1. The lowest BCUT2D eigenvalue weighted by atomic mass is 10.0. The zero-order chi connectivity index (χ0) is 13.9. The molecule has 1 aliphatic carbocycles. The lowest BCUT2D eigenvalue weighted by molar-refractivity contribution is 0.175. The van der Waals surface area contributed by atoms with Crippen LogP contribution in [0, 0.1) is 0 Å². The van der Waals surface area contributed by atoms with Gasteiger partial charge in [0.2, 0.25) is 0 Å². The van der Waals surface area contributed by atoms with Gasteiger partial charge in [0.15, 0.2) is 0 Å². The first-order valence-corrected chi connectivity index (χ1v) is 7.65. The number of hydrogen-bond donors (Lipinski definition) is 1. The molecule has 0 saturated heterocycles. The molecule has 0 heterocycles. The Morgan fingerprint density at radius 1 is 1.15 bits per heavy atom. The van der Waals surface area contributed by atoms with Crippen LogP contribution in [-0.4, -0.2) is 29.2 Å². The minimum atomic E-state index is 0.285. The summed E-state index contributed by atoms with van der Waals surface area (Å²) < 4.78 is 0. The summed E-state index contributed by atoms with van der Waals surface area (Å²) in [7, 11) is 0. The van der Waals surface area contributed by atoms with Crippen molar-refractivity contribution in [2.24, 2.45) is 0 Å². The SMILES string of the molecule is CC(c1ccc2ccccc2c1)N(CCCO)C1CC1. The molecule has 0 spiro atoms. The van der Waals surface area contributed by atoms with Gasteiger partial charge in [-0.25, -0.2) is 0 Å². The molecule has 0 bridgehead atoms. The van der Waals surface area contributed by atoms with Crippen LogP contribution in [0.5, 0.6) is 0 Å². The van der Waals surface area contributed by atoms with Crippen LogP contribution in [0.25, 0.3) is 10.8 Å². The molecule has 2 aromatic carbocycles. The van der Waals surface area contributed by atoms with Gasteiger partial charge in [0, 0.05) is 25.2 Å². The Labute approximate surface area is 121 Å². The van der Waals surface area contributed by atoms with Crippen molar-refractivity contribution in [3.8, 4) is 0 Å². The van der Waals surface area contributed by atoms with Crippen LogP contribution in [-0.2, 0) is 0 Å². The van der Waals surface area contributed by atoms with E-state index in [0.29, 0.717) is 6.04 Å². The minimum Gasteiger partial charge on any atom is -0.396 e. The standard InChI is InChI=1S/C18H23NO/c1-14(19(11-4-12-20)18-9-10-18)16-8-7-15-5-2-3-6-17(15)13-16/h2-3,5-8,13-14,18,20H,4,9-12H2,1H3. The molecule has 2 aromatic rings. The van der Waals surface area contributed by atoms with Crippen LogP contribution in [0.3, 0.4) is 0 Å². The maximum atomic E-state index is 9.08. The lowest BCUT2D eigenvalue weighted by Gasteiger charge is -2.29. The number of hydrogen-bond acceptors (Lipinski definition) is 2. The van der Waals surface area contributed by atoms with E-state index in [2.05, 4.69) is 54.3 Å². The third-order valence-electron chi connectivity index (χ3n) is 4.34. The smallest absolute Gasteiger partial charge is 0.0443 e. The molecule has 3 rings (SSSR count). The van der Waals surface area contributed by atoms with Gasteiger partial charge in [-0.05, 0) is 48.6 Å². The van der Waals surface area contributed by atoms with E-state index in [9.17, 15) is 0 Å². The first-order valence-electron chi connectivity index (χ1n) is 7.65. The van der Waals surface area contributed by atoms with Gasteiger partial charge in [-0.15, -0.1) is 0 Å². The van der Waals surface area contributed by atoms with Crippen molar-refractivity contribution in [1.82, 2.24) is 4.90 Å². The molecule has 1 N–H and O–H groups in total. The van der Waals surface area contributed by atoms with Crippen molar-refractivity contribution in [2.75, 3.05) is 13.2 Å². The Morgan fingerprint density at radius 3 is 2.60 bits per heavy atom. The van der Waals surface area contributed by atoms with Crippen LogP contribution in [0.4, 0.5) is 0 Å². The molecule has 20 heavy (non-hydrogen) atoms. The van der Waals surface area contributed by atoms with Gasteiger partial charge in [-0.2, -0.15) is 0 Å². The molecule has 0 aromatic heterocycles.